The molecule has 4 rings (SSSR count). The molecule has 0 unspecified atom stereocenters. The zero-order chi connectivity index (χ0) is 27.6. The Morgan fingerprint density at radius 2 is 1.74 bits per heavy atom. The molecule has 12 heteroatoms. The van der Waals surface area contributed by atoms with Crippen molar-refractivity contribution in [3.63, 3.8) is 0 Å². The number of carbonyl (C=O) groups excluding carboxylic acids is 1. The number of rotatable bonds is 7. The van der Waals surface area contributed by atoms with Crippen LogP contribution in [0, 0.1) is 6.92 Å². The van der Waals surface area contributed by atoms with Gasteiger partial charge in [-0.15, -0.1) is 10.2 Å². The molecule has 0 fully saturated rings. The first-order valence-electron chi connectivity index (χ1n) is 11.2. The van der Waals surface area contributed by atoms with Gasteiger partial charge in [-0.3, -0.25) is 9.35 Å². The number of fused-ring (bicyclic) bond motifs is 1. The minimum atomic E-state index is -4.68. The highest BCUT2D eigenvalue weighted by molar-refractivity contribution is 7.86. The van der Waals surface area contributed by atoms with Crippen LogP contribution < -0.4 is 10.1 Å². The van der Waals surface area contributed by atoms with Gasteiger partial charge in [0.1, 0.15) is 22.0 Å². The van der Waals surface area contributed by atoms with Gasteiger partial charge in [-0.25, -0.2) is 0 Å². The van der Waals surface area contributed by atoms with Crippen LogP contribution in [-0.4, -0.2) is 30.6 Å². The molecule has 0 aliphatic rings. The van der Waals surface area contributed by atoms with Gasteiger partial charge in [0, 0.05) is 22.2 Å². The number of aromatic hydroxyl groups is 1. The Labute approximate surface area is 228 Å². The molecule has 0 aliphatic carbocycles. The van der Waals surface area contributed by atoms with Gasteiger partial charge in [0.25, 0.3) is 16.0 Å². The normalized spacial score (nSPS) is 11.7. The number of hydrogen-bond donors (Lipinski definition) is 3. The van der Waals surface area contributed by atoms with Crippen molar-refractivity contribution < 1.29 is 27.6 Å². The predicted molar refractivity (Wildman–Crippen MR) is 146 cm³/mol. The predicted octanol–water partition coefficient (Wildman–Crippen LogP) is 7.47. The van der Waals surface area contributed by atoms with Crippen molar-refractivity contribution in [1.29, 1.82) is 0 Å². The van der Waals surface area contributed by atoms with Crippen molar-refractivity contribution in [2.75, 3.05) is 11.9 Å². The topological polar surface area (TPSA) is 138 Å². The van der Waals surface area contributed by atoms with E-state index in [0.717, 1.165) is 6.07 Å². The van der Waals surface area contributed by atoms with Crippen molar-refractivity contribution in [2.24, 2.45) is 10.2 Å². The minimum Gasteiger partial charge on any atom is -0.505 e. The molecule has 0 bridgehead atoms. The van der Waals surface area contributed by atoms with Crippen molar-refractivity contribution >= 4 is 67.1 Å². The number of carbonyl (C=O) groups is 1. The van der Waals surface area contributed by atoms with Gasteiger partial charge in [-0.05, 0) is 49.1 Å². The Hall–Kier alpha value is -3.70. The van der Waals surface area contributed by atoms with Gasteiger partial charge in [0.15, 0.2) is 5.75 Å². The highest BCUT2D eigenvalue weighted by Gasteiger charge is 2.22. The molecule has 9 nitrogen and oxygen atoms in total. The molecule has 4 aromatic rings. The number of amides is 1. The fourth-order valence-electron chi connectivity index (χ4n) is 3.72. The van der Waals surface area contributed by atoms with E-state index >= 15 is 0 Å². The van der Waals surface area contributed by atoms with Crippen molar-refractivity contribution in [3.05, 3.63) is 81.8 Å². The standard InChI is InChI=1S/C26H21Cl2N3O6S/c1-3-37-18-12-16(27)11-17(13-18)29-26(33)20-10-15-6-4-5-7-19(15)23(25(20)32)30-31-24-21(38(34,35)36)9-8-14(2)22(24)28/h4-13,32H,3H2,1-2H3,(H,29,33)(H,34,35,36). The van der Waals surface area contributed by atoms with Gasteiger partial charge in [-0.1, -0.05) is 53.5 Å². The molecule has 0 aliphatic heterocycles. The molecule has 3 N–H and O–H groups in total. The molecule has 196 valence electrons. The molecule has 0 saturated carbocycles. The molecular formula is C26H21Cl2N3O6S. The molecule has 0 atom stereocenters. The van der Waals surface area contributed by atoms with Crippen LogP contribution in [0.1, 0.15) is 22.8 Å². The number of ether oxygens (including phenoxy) is 1. The Bertz CT molecular complexity index is 1710. The fraction of sp³-hybridized carbons (Fsp3) is 0.115. The highest BCUT2D eigenvalue weighted by atomic mass is 35.5. The molecule has 1 amide bonds. The van der Waals surface area contributed by atoms with Gasteiger partial charge in [0.05, 0.1) is 17.2 Å². The van der Waals surface area contributed by atoms with Crippen LogP contribution in [0.5, 0.6) is 11.5 Å². The van der Waals surface area contributed by atoms with Crippen LogP contribution in [-0.2, 0) is 10.1 Å². The monoisotopic (exact) mass is 573 g/mol. The van der Waals surface area contributed by atoms with E-state index in [1.807, 2.05) is 6.92 Å². The summed E-state index contributed by atoms with van der Waals surface area (Å²) < 4.78 is 38.9. The van der Waals surface area contributed by atoms with Crippen molar-refractivity contribution in [2.45, 2.75) is 18.7 Å². The summed E-state index contributed by atoms with van der Waals surface area (Å²) in [5.74, 6) is -0.715. The van der Waals surface area contributed by atoms with Gasteiger partial charge >= 0.3 is 0 Å². The lowest BCUT2D eigenvalue weighted by atomic mass is 10.0. The molecule has 0 heterocycles. The maximum absolute atomic E-state index is 13.2. The number of aryl methyl sites for hydroxylation is 1. The molecule has 0 spiro atoms. The Balaban J connectivity index is 1.83. The van der Waals surface area contributed by atoms with Crippen molar-refractivity contribution in [3.8, 4) is 11.5 Å². The van der Waals surface area contributed by atoms with E-state index in [1.54, 1.807) is 43.3 Å². The second-order valence-corrected chi connectivity index (χ2v) is 10.3. The summed E-state index contributed by atoms with van der Waals surface area (Å²) in [4.78, 5) is 12.7. The zero-order valence-corrected chi connectivity index (χ0v) is 22.4. The summed E-state index contributed by atoms with van der Waals surface area (Å²) in [5, 5.41) is 23.1. The van der Waals surface area contributed by atoms with E-state index in [9.17, 15) is 22.9 Å². The van der Waals surface area contributed by atoms with Gasteiger partial charge < -0.3 is 15.2 Å². The van der Waals surface area contributed by atoms with Crippen LogP contribution in [0.3, 0.4) is 0 Å². The summed E-state index contributed by atoms with van der Waals surface area (Å²) in [7, 11) is -4.68. The molecular weight excluding hydrogens is 553 g/mol. The SMILES string of the molecule is CCOc1cc(Cl)cc(NC(=O)c2cc3ccccc3c(N=Nc3c(S(=O)(=O)O)ccc(C)c3Cl)c2O)c1. The third-order valence-corrected chi connectivity index (χ3v) is 7.06. The number of anilines is 1. The number of phenolic OH excluding ortho intramolecular Hbond substituents is 1. The quantitative estimate of drug-likeness (QED) is 0.155. The molecule has 0 radical (unpaired) electrons. The number of halogens is 2. The summed E-state index contributed by atoms with van der Waals surface area (Å²) >= 11 is 12.4. The first-order valence-corrected chi connectivity index (χ1v) is 13.4. The number of azo groups is 1. The lowest BCUT2D eigenvalue weighted by molar-refractivity contribution is 0.102. The van der Waals surface area contributed by atoms with Gasteiger partial charge in [-0.2, -0.15) is 8.42 Å². The van der Waals surface area contributed by atoms with E-state index in [4.69, 9.17) is 27.9 Å². The zero-order valence-electron chi connectivity index (χ0n) is 20.1. The van der Waals surface area contributed by atoms with Crippen LogP contribution in [0.4, 0.5) is 17.1 Å². The maximum atomic E-state index is 13.2. The summed E-state index contributed by atoms with van der Waals surface area (Å²) in [6.45, 7) is 3.84. The molecule has 38 heavy (non-hydrogen) atoms. The number of hydrogen-bond acceptors (Lipinski definition) is 7. The Morgan fingerprint density at radius 3 is 2.45 bits per heavy atom. The Morgan fingerprint density at radius 1 is 1.03 bits per heavy atom. The van der Waals surface area contributed by atoms with Gasteiger partial charge in [0.2, 0.25) is 0 Å². The average Bonchev–Trinajstić information content (AvgIpc) is 2.84. The number of nitrogens with one attached hydrogen (secondary N) is 1. The molecule has 0 saturated heterocycles. The fourth-order valence-corrected chi connectivity index (χ4v) is 4.84. The highest BCUT2D eigenvalue weighted by Crippen LogP contribution is 2.42. The Kier molecular flexibility index (Phi) is 7.89. The number of phenols is 1. The first-order chi connectivity index (χ1) is 18.0. The van der Waals surface area contributed by atoms with E-state index in [0.29, 0.717) is 39.4 Å². The third-order valence-electron chi connectivity index (χ3n) is 5.48. The smallest absolute Gasteiger partial charge is 0.296 e. The van der Waals surface area contributed by atoms with E-state index in [1.165, 1.54) is 18.2 Å². The second-order valence-electron chi connectivity index (χ2n) is 8.12. The van der Waals surface area contributed by atoms with Crippen LogP contribution >= 0.6 is 23.2 Å². The summed E-state index contributed by atoms with van der Waals surface area (Å²) in [5.41, 5.74) is 0.290. The van der Waals surface area contributed by atoms with Crippen LogP contribution in [0.25, 0.3) is 10.8 Å². The number of nitrogens with zero attached hydrogens (tertiary/aromatic N) is 2. The van der Waals surface area contributed by atoms with E-state index in [2.05, 4.69) is 15.5 Å². The second kappa shape index (κ2) is 11.0. The maximum Gasteiger partial charge on any atom is 0.296 e. The largest absolute Gasteiger partial charge is 0.505 e. The third kappa shape index (κ3) is 5.73. The van der Waals surface area contributed by atoms with Crippen LogP contribution in [0.2, 0.25) is 10.0 Å². The van der Waals surface area contributed by atoms with Crippen LogP contribution in [0.15, 0.2) is 75.8 Å². The lowest BCUT2D eigenvalue weighted by Crippen LogP contribution is -2.12. The van der Waals surface area contributed by atoms with E-state index < -0.39 is 26.7 Å². The summed E-state index contributed by atoms with van der Waals surface area (Å²) in [6.07, 6.45) is 0. The van der Waals surface area contributed by atoms with Crippen molar-refractivity contribution in [1.82, 2.24) is 0 Å². The molecule has 4 aromatic carbocycles. The minimum absolute atomic E-state index is 0.0485. The number of benzene rings is 4. The molecule has 0 aromatic heterocycles. The average molecular weight is 574 g/mol. The summed E-state index contributed by atoms with van der Waals surface area (Å²) in [6, 6.07) is 15.5. The van der Waals surface area contributed by atoms with E-state index in [-0.39, 0.29) is 22.0 Å². The lowest BCUT2D eigenvalue weighted by Gasteiger charge is -2.13. The first kappa shape index (κ1) is 27.3.